The van der Waals surface area contributed by atoms with E-state index in [1.54, 1.807) is 18.5 Å². The van der Waals surface area contributed by atoms with Crippen molar-refractivity contribution in [1.82, 2.24) is 4.98 Å². The van der Waals surface area contributed by atoms with Crippen LogP contribution in [-0.4, -0.2) is 27.9 Å². The Morgan fingerprint density at radius 1 is 1.16 bits per heavy atom. The van der Waals surface area contributed by atoms with Gasteiger partial charge in [-0.2, -0.15) is 0 Å². The van der Waals surface area contributed by atoms with Gasteiger partial charge >= 0.3 is 0 Å². The number of rotatable bonds is 8. The normalized spacial score (nSPS) is 14.4. The standard InChI is InChI=1S/C15H25NO3/c1-4-7-19-13-8-12(9-16-10-13)15(18)14(17)11(5-2)6-3/h8-11,14-15,17-18H,4-7H2,1-3H3. The lowest BCUT2D eigenvalue weighted by atomic mass is 9.90. The van der Waals surface area contributed by atoms with Crippen molar-refractivity contribution in [3.05, 3.63) is 24.0 Å². The first-order valence-corrected chi connectivity index (χ1v) is 7.07. The minimum Gasteiger partial charge on any atom is -0.492 e. The number of nitrogens with zero attached hydrogens (tertiary/aromatic N) is 1. The van der Waals surface area contributed by atoms with Crippen molar-refractivity contribution in [3.63, 3.8) is 0 Å². The molecular weight excluding hydrogens is 242 g/mol. The molecular formula is C15H25NO3. The van der Waals surface area contributed by atoms with Crippen LogP contribution in [0.3, 0.4) is 0 Å². The first-order chi connectivity index (χ1) is 9.13. The fourth-order valence-electron chi connectivity index (χ4n) is 2.12. The maximum Gasteiger partial charge on any atom is 0.137 e. The predicted octanol–water partition coefficient (Wildman–Crippen LogP) is 2.70. The molecule has 2 unspecified atom stereocenters. The molecule has 1 aromatic rings. The molecule has 2 atom stereocenters. The molecule has 0 saturated heterocycles. The molecule has 0 bridgehead atoms. The van der Waals surface area contributed by atoms with Crippen LogP contribution >= 0.6 is 0 Å². The summed E-state index contributed by atoms with van der Waals surface area (Å²) in [5.41, 5.74) is 0.605. The Kier molecular flexibility index (Phi) is 6.81. The Hall–Kier alpha value is -1.13. The van der Waals surface area contributed by atoms with Crippen LogP contribution in [0.1, 0.15) is 51.7 Å². The molecule has 0 saturated carbocycles. The van der Waals surface area contributed by atoms with Crippen molar-refractivity contribution in [3.8, 4) is 5.75 Å². The summed E-state index contributed by atoms with van der Waals surface area (Å²) in [5.74, 6) is 0.727. The molecule has 108 valence electrons. The van der Waals surface area contributed by atoms with Gasteiger partial charge < -0.3 is 14.9 Å². The van der Waals surface area contributed by atoms with Crippen molar-refractivity contribution in [2.45, 2.75) is 52.2 Å². The quantitative estimate of drug-likeness (QED) is 0.760. The number of hydrogen-bond donors (Lipinski definition) is 2. The number of pyridine rings is 1. The zero-order valence-electron chi connectivity index (χ0n) is 12.0. The second-order valence-electron chi connectivity index (χ2n) is 4.81. The van der Waals surface area contributed by atoms with E-state index in [0.717, 1.165) is 19.3 Å². The van der Waals surface area contributed by atoms with Crippen LogP contribution in [0.25, 0.3) is 0 Å². The lowest BCUT2D eigenvalue weighted by Gasteiger charge is -2.25. The summed E-state index contributed by atoms with van der Waals surface area (Å²) in [7, 11) is 0. The van der Waals surface area contributed by atoms with E-state index in [-0.39, 0.29) is 5.92 Å². The van der Waals surface area contributed by atoms with E-state index >= 15 is 0 Å². The highest BCUT2D eigenvalue weighted by Gasteiger charge is 2.25. The third kappa shape index (κ3) is 4.48. The molecule has 0 amide bonds. The van der Waals surface area contributed by atoms with Crippen molar-refractivity contribution in [2.24, 2.45) is 5.92 Å². The number of aromatic nitrogens is 1. The molecule has 4 nitrogen and oxygen atoms in total. The molecule has 1 heterocycles. The van der Waals surface area contributed by atoms with Crippen LogP contribution in [0.5, 0.6) is 5.75 Å². The van der Waals surface area contributed by atoms with Gasteiger partial charge in [-0.3, -0.25) is 4.98 Å². The largest absolute Gasteiger partial charge is 0.492 e. The number of hydrogen-bond acceptors (Lipinski definition) is 4. The molecule has 0 aliphatic rings. The monoisotopic (exact) mass is 267 g/mol. The summed E-state index contributed by atoms with van der Waals surface area (Å²) in [6.45, 7) is 6.69. The molecule has 0 spiro atoms. The van der Waals surface area contributed by atoms with Crippen molar-refractivity contribution >= 4 is 0 Å². The van der Waals surface area contributed by atoms with Gasteiger partial charge in [-0.25, -0.2) is 0 Å². The van der Waals surface area contributed by atoms with Crippen LogP contribution in [0, 0.1) is 5.92 Å². The zero-order valence-corrected chi connectivity index (χ0v) is 12.0. The summed E-state index contributed by atoms with van der Waals surface area (Å²) in [6.07, 6.45) is 4.12. The van der Waals surface area contributed by atoms with E-state index < -0.39 is 12.2 Å². The summed E-state index contributed by atoms with van der Waals surface area (Å²) in [4.78, 5) is 4.06. The highest BCUT2D eigenvalue weighted by Crippen LogP contribution is 2.27. The minimum atomic E-state index is -0.914. The number of ether oxygens (including phenoxy) is 1. The molecule has 1 rings (SSSR count). The minimum absolute atomic E-state index is 0.0928. The second kappa shape index (κ2) is 8.12. The molecule has 0 aromatic carbocycles. The van der Waals surface area contributed by atoms with E-state index in [9.17, 15) is 10.2 Å². The molecule has 1 aromatic heterocycles. The Bertz CT molecular complexity index is 366. The summed E-state index contributed by atoms with van der Waals surface area (Å²) < 4.78 is 5.48. The first kappa shape index (κ1) is 15.9. The van der Waals surface area contributed by atoms with Gasteiger partial charge in [0.05, 0.1) is 18.9 Å². The van der Waals surface area contributed by atoms with Crippen molar-refractivity contribution in [1.29, 1.82) is 0 Å². The van der Waals surface area contributed by atoms with Gasteiger partial charge in [0, 0.05) is 11.8 Å². The van der Waals surface area contributed by atoms with Gasteiger partial charge in [0.2, 0.25) is 0 Å². The average Bonchev–Trinajstić information content (AvgIpc) is 2.45. The van der Waals surface area contributed by atoms with Crippen LogP contribution in [0.4, 0.5) is 0 Å². The molecule has 0 aliphatic carbocycles. The summed E-state index contributed by atoms with van der Waals surface area (Å²) >= 11 is 0. The van der Waals surface area contributed by atoms with E-state index in [2.05, 4.69) is 4.98 Å². The smallest absolute Gasteiger partial charge is 0.137 e. The maximum absolute atomic E-state index is 10.2. The van der Waals surface area contributed by atoms with Gasteiger partial charge in [-0.1, -0.05) is 33.6 Å². The molecule has 0 radical (unpaired) electrons. The maximum atomic E-state index is 10.2. The topological polar surface area (TPSA) is 62.6 Å². The van der Waals surface area contributed by atoms with Crippen LogP contribution < -0.4 is 4.74 Å². The van der Waals surface area contributed by atoms with E-state index in [1.165, 1.54) is 0 Å². The van der Waals surface area contributed by atoms with E-state index in [4.69, 9.17) is 4.74 Å². The van der Waals surface area contributed by atoms with Crippen LogP contribution in [0.15, 0.2) is 18.5 Å². The van der Waals surface area contributed by atoms with Gasteiger partial charge in [-0.15, -0.1) is 0 Å². The Labute approximate surface area is 115 Å². The predicted molar refractivity (Wildman–Crippen MR) is 75.1 cm³/mol. The van der Waals surface area contributed by atoms with Gasteiger partial charge in [0.25, 0.3) is 0 Å². The van der Waals surface area contributed by atoms with E-state index in [0.29, 0.717) is 17.9 Å². The molecule has 2 N–H and O–H groups in total. The highest BCUT2D eigenvalue weighted by atomic mass is 16.5. The zero-order chi connectivity index (χ0) is 14.3. The second-order valence-corrected chi connectivity index (χ2v) is 4.81. The van der Waals surface area contributed by atoms with Crippen molar-refractivity contribution < 1.29 is 14.9 Å². The fraction of sp³-hybridized carbons (Fsp3) is 0.667. The lowest BCUT2D eigenvalue weighted by molar-refractivity contribution is -0.0212. The Morgan fingerprint density at radius 2 is 1.84 bits per heavy atom. The van der Waals surface area contributed by atoms with E-state index in [1.807, 2.05) is 20.8 Å². The molecule has 4 heteroatoms. The Morgan fingerprint density at radius 3 is 2.42 bits per heavy atom. The van der Waals surface area contributed by atoms with Gasteiger partial charge in [0.1, 0.15) is 11.9 Å². The summed E-state index contributed by atoms with van der Waals surface area (Å²) in [5, 5.41) is 20.4. The molecule has 0 aliphatic heterocycles. The number of aliphatic hydroxyl groups is 2. The average molecular weight is 267 g/mol. The van der Waals surface area contributed by atoms with Crippen LogP contribution in [-0.2, 0) is 0 Å². The fourth-order valence-corrected chi connectivity index (χ4v) is 2.12. The van der Waals surface area contributed by atoms with Gasteiger partial charge in [-0.05, 0) is 18.4 Å². The van der Waals surface area contributed by atoms with Crippen LogP contribution in [0.2, 0.25) is 0 Å². The Balaban J connectivity index is 2.77. The molecule has 19 heavy (non-hydrogen) atoms. The SMILES string of the molecule is CCCOc1cncc(C(O)C(O)C(CC)CC)c1. The molecule has 0 fully saturated rings. The highest BCUT2D eigenvalue weighted by molar-refractivity contribution is 5.25. The van der Waals surface area contributed by atoms with Gasteiger partial charge in [0.15, 0.2) is 0 Å². The summed E-state index contributed by atoms with van der Waals surface area (Å²) in [6, 6.07) is 1.75. The third-order valence-corrected chi connectivity index (χ3v) is 3.40. The first-order valence-electron chi connectivity index (χ1n) is 7.07. The number of aliphatic hydroxyl groups excluding tert-OH is 2. The third-order valence-electron chi connectivity index (χ3n) is 3.40. The lowest BCUT2D eigenvalue weighted by Crippen LogP contribution is -2.27. The van der Waals surface area contributed by atoms with Crippen molar-refractivity contribution in [2.75, 3.05) is 6.61 Å².